The second-order valence-corrected chi connectivity index (χ2v) is 14.7. The van der Waals surface area contributed by atoms with Crippen LogP contribution in [0.25, 0.3) is 0 Å². The predicted molar refractivity (Wildman–Crippen MR) is 167 cm³/mol. The summed E-state index contributed by atoms with van der Waals surface area (Å²) < 4.78 is 0. The lowest BCUT2D eigenvalue weighted by molar-refractivity contribution is -0.147. The highest BCUT2D eigenvalue weighted by molar-refractivity contribution is 6.38. The minimum absolute atomic E-state index is 0.00554. The van der Waals surface area contributed by atoms with E-state index in [0.29, 0.717) is 19.4 Å². The van der Waals surface area contributed by atoms with E-state index in [9.17, 15) is 28.8 Å². The summed E-state index contributed by atoms with van der Waals surface area (Å²) in [5, 5.41) is 11.8. The van der Waals surface area contributed by atoms with Crippen molar-refractivity contribution in [2.75, 3.05) is 20.1 Å². The zero-order valence-electron chi connectivity index (χ0n) is 27.6. The second kappa shape index (κ2) is 15.5. The van der Waals surface area contributed by atoms with Crippen molar-refractivity contribution in [3.8, 4) is 0 Å². The van der Waals surface area contributed by atoms with Crippen LogP contribution in [0.2, 0.25) is 0 Å². The molecule has 0 spiro atoms. The molecule has 3 aliphatic rings. The molecule has 4 N–H and O–H groups in total. The van der Waals surface area contributed by atoms with Crippen LogP contribution >= 0.6 is 0 Å². The van der Waals surface area contributed by atoms with Gasteiger partial charge in [0, 0.05) is 37.5 Å². The molecule has 248 valence electrons. The zero-order chi connectivity index (χ0) is 32.7. The molecule has 0 radical (unpaired) electrons. The van der Waals surface area contributed by atoms with E-state index >= 15 is 0 Å². The quantitative estimate of drug-likeness (QED) is 0.162. The number of nitrogens with one attached hydrogen (secondary N) is 4. The van der Waals surface area contributed by atoms with Crippen molar-refractivity contribution < 1.29 is 28.8 Å². The van der Waals surface area contributed by atoms with Gasteiger partial charge in [0.25, 0.3) is 5.91 Å². The molecular formula is C33H55N5O6. The van der Waals surface area contributed by atoms with Crippen LogP contribution in [-0.2, 0) is 28.8 Å². The maximum Gasteiger partial charge on any atom is 0.289 e. The zero-order valence-corrected chi connectivity index (χ0v) is 27.6. The molecule has 0 unspecified atom stereocenters. The Kier molecular flexibility index (Phi) is 12.5. The Hall–Kier alpha value is -2.82. The number of Topliss-reactive ketones (excluding diaryl/α,β-unsaturated/α-hetero) is 1. The number of likely N-dealkylation sites (N-methyl/N-ethyl adjacent to an activating group) is 1. The van der Waals surface area contributed by atoms with Crippen molar-refractivity contribution in [3.05, 3.63) is 0 Å². The highest BCUT2D eigenvalue weighted by atomic mass is 16.2. The number of aldehydes is 1. The number of carbonyl (C=O) groups excluding carboxylic acids is 6. The van der Waals surface area contributed by atoms with Gasteiger partial charge in [-0.2, -0.15) is 0 Å². The van der Waals surface area contributed by atoms with Gasteiger partial charge >= 0.3 is 0 Å². The largest absolute Gasteiger partial charge is 0.356 e. The van der Waals surface area contributed by atoms with Gasteiger partial charge in [0.15, 0.2) is 0 Å². The number of nitrogens with zero attached hydrogens (tertiary/aromatic N) is 1. The number of piperidine rings is 1. The van der Waals surface area contributed by atoms with Gasteiger partial charge < -0.3 is 31.0 Å². The average Bonchev–Trinajstić information content (AvgIpc) is 3.80. The molecule has 4 amide bonds. The van der Waals surface area contributed by atoms with Crippen LogP contribution in [0, 0.1) is 23.2 Å². The third kappa shape index (κ3) is 9.59. The lowest BCUT2D eigenvalue weighted by atomic mass is 9.81. The highest BCUT2D eigenvalue weighted by Gasteiger charge is 2.44. The number of hydrogen-bond donors (Lipinski definition) is 4. The molecule has 3 rings (SSSR count). The van der Waals surface area contributed by atoms with E-state index in [2.05, 4.69) is 21.3 Å². The van der Waals surface area contributed by atoms with Crippen LogP contribution in [0.4, 0.5) is 0 Å². The second-order valence-electron chi connectivity index (χ2n) is 14.7. The molecule has 2 saturated carbocycles. The summed E-state index contributed by atoms with van der Waals surface area (Å²) in [5.74, 6) is -2.59. The van der Waals surface area contributed by atoms with E-state index in [-0.39, 0.29) is 48.6 Å². The smallest absolute Gasteiger partial charge is 0.289 e. The molecule has 11 heteroatoms. The van der Waals surface area contributed by atoms with Crippen molar-refractivity contribution in [1.82, 2.24) is 26.2 Å². The van der Waals surface area contributed by atoms with E-state index in [1.165, 1.54) is 4.90 Å². The summed E-state index contributed by atoms with van der Waals surface area (Å²) >= 11 is 0. The van der Waals surface area contributed by atoms with Crippen molar-refractivity contribution >= 4 is 35.7 Å². The van der Waals surface area contributed by atoms with Crippen molar-refractivity contribution in [3.63, 3.8) is 0 Å². The summed E-state index contributed by atoms with van der Waals surface area (Å²) in [6.07, 6.45) is 8.82. The maximum absolute atomic E-state index is 14.3. The first kappa shape index (κ1) is 35.7. The number of hydrogen-bond acceptors (Lipinski definition) is 7. The van der Waals surface area contributed by atoms with Gasteiger partial charge in [-0.25, -0.2) is 0 Å². The van der Waals surface area contributed by atoms with Gasteiger partial charge in [-0.05, 0) is 63.2 Å². The van der Waals surface area contributed by atoms with E-state index < -0.39 is 40.6 Å². The molecule has 0 bridgehead atoms. The summed E-state index contributed by atoms with van der Waals surface area (Å²) in [7, 11) is 1.59. The van der Waals surface area contributed by atoms with Gasteiger partial charge in [-0.3, -0.25) is 24.0 Å². The van der Waals surface area contributed by atoms with Gasteiger partial charge in [0.1, 0.15) is 17.9 Å². The van der Waals surface area contributed by atoms with Gasteiger partial charge in [0.05, 0.1) is 6.04 Å². The number of rotatable bonds is 15. The molecule has 1 saturated heterocycles. The first-order valence-corrected chi connectivity index (χ1v) is 16.6. The highest BCUT2D eigenvalue weighted by Crippen LogP contribution is 2.31. The van der Waals surface area contributed by atoms with E-state index in [0.717, 1.165) is 57.7 Å². The Balaban J connectivity index is 1.89. The van der Waals surface area contributed by atoms with Crippen molar-refractivity contribution in [2.24, 2.45) is 23.2 Å². The SMILES string of the molecule is CC(C)C[C@](C=O)(CN[C@@H](C[C@@H]1CCCNC1=O)C(=O)C(=O)NC1CC1)N(C)C(=O)[C@H](NC(=O)C(C)(C)C)C1CCCCC1. The molecule has 11 nitrogen and oxygen atoms in total. The van der Waals surface area contributed by atoms with Crippen molar-refractivity contribution in [2.45, 2.75) is 129 Å². The van der Waals surface area contributed by atoms with Crippen LogP contribution in [0.15, 0.2) is 0 Å². The Labute approximate surface area is 262 Å². The number of carbonyl (C=O) groups is 6. The van der Waals surface area contributed by atoms with Crippen molar-refractivity contribution in [1.29, 1.82) is 0 Å². The van der Waals surface area contributed by atoms with Crippen LogP contribution in [0.3, 0.4) is 0 Å². The molecule has 4 atom stereocenters. The van der Waals surface area contributed by atoms with Crippen LogP contribution in [-0.4, -0.2) is 84.4 Å². The third-order valence-electron chi connectivity index (χ3n) is 9.36. The van der Waals surface area contributed by atoms with Gasteiger partial charge in [0.2, 0.25) is 23.5 Å². The molecule has 44 heavy (non-hydrogen) atoms. The molecule has 2 aliphatic carbocycles. The third-order valence-corrected chi connectivity index (χ3v) is 9.36. The first-order valence-electron chi connectivity index (χ1n) is 16.6. The first-order chi connectivity index (χ1) is 20.7. The summed E-state index contributed by atoms with van der Waals surface area (Å²) in [6.45, 7) is 9.81. The number of amides is 4. The monoisotopic (exact) mass is 617 g/mol. The van der Waals surface area contributed by atoms with Gasteiger partial charge in [-0.15, -0.1) is 0 Å². The predicted octanol–water partition coefficient (Wildman–Crippen LogP) is 2.26. The summed E-state index contributed by atoms with van der Waals surface area (Å²) in [6, 6.07) is -1.80. The fourth-order valence-corrected chi connectivity index (χ4v) is 6.41. The normalized spacial score (nSPS) is 22.2. The van der Waals surface area contributed by atoms with Crippen LogP contribution in [0.1, 0.15) is 105 Å². The molecule has 3 fully saturated rings. The fourth-order valence-electron chi connectivity index (χ4n) is 6.41. The lowest BCUT2D eigenvalue weighted by Crippen LogP contribution is -2.64. The molecule has 0 aromatic heterocycles. The Morgan fingerprint density at radius 3 is 2.20 bits per heavy atom. The van der Waals surface area contributed by atoms with Gasteiger partial charge in [-0.1, -0.05) is 53.9 Å². The van der Waals surface area contributed by atoms with E-state index in [4.69, 9.17) is 0 Å². The Morgan fingerprint density at radius 1 is 1.00 bits per heavy atom. The van der Waals surface area contributed by atoms with E-state index in [1.54, 1.807) is 27.8 Å². The lowest BCUT2D eigenvalue weighted by Gasteiger charge is -2.43. The fraction of sp³-hybridized carbons (Fsp3) is 0.818. The van der Waals surface area contributed by atoms with E-state index in [1.807, 2.05) is 13.8 Å². The maximum atomic E-state index is 14.3. The van der Waals surface area contributed by atoms with Crippen LogP contribution in [0.5, 0.6) is 0 Å². The molecule has 0 aromatic rings. The minimum Gasteiger partial charge on any atom is -0.356 e. The minimum atomic E-state index is -1.36. The molecule has 0 aromatic carbocycles. The average molecular weight is 618 g/mol. The molecule has 1 heterocycles. The molecular weight excluding hydrogens is 562 g/mol. The Bertz CT molecular complexity index is 1060. The topological polar surface area (TPSA) is 154 Å². The Morgan fingerprint density at radius 2 is 1.66 bits per heavy atom. The number of ketones is 1. The molecule has 1 aliphatic heterocycles. The summed E-state index contributed by atoms with van der Waals surface area (Å²) in [5.41, 5.74) is -2.06. The van der Waals surface area contributed by atoms with Crippen LogP contribution < -0.4 is 21.3 Å². The standard InChI is InChI=1S/C33H55N5O6/c1-21(2)18-33(20-39,38(6)30(43)26(22-11-8-7-9-12-22)37-31(44)32(3,4)5)19-35-25(17-23-13-10-16-34-28(23)41)27(40)29(42)36-24-14-15-24/h20-26,35H,7-19H2,1-6H3,(H,34,41)(H,36,42)(H,37,44)/t23-,25-,26+,33+/m0/s1. The summed E-state index contributed by atoms with van der Waals surface area (Å²) in [4.78, 5) is 80.8.